The Morgan fingerprint density at radius 2 is 1.94 bits per heavy atom. The summed E-state index contributed by atoms with van der Waals surface area (Å²) in [5.41, 5.74) is 5.72. The average molecular weight is 234 g/mol. The molecule has 1 aliphatic heterocycles. The number of primary amides is 1. The fourth-order valence-electron chi connectivity index (χ4n) is 2.05. The first-order chi connectivity index (χ1) is 8.09. The number of nitrogens with two attached hydrogens (primary N) is 1. The number of aliphatic hydroxyl groups excluding tert-OH is 1. The average Bonchev–Trinajstić information content (AvgIpc) is 2.72. The Labute approximate surface area is 98.8 Å². The van der Waals surface area contributed by atoms with Crippen LogP contribution in [0.25, 0.3) is 0 Å². The van der Waals surface area contributed by atoms with Gasteiger partial charge in [-0.3, -0.25) is 9.59 Å². The fourth-order valence-corrected chi connectivity index (χ4v) is 2.05. The molecule has 5 heteroatoms. The van der Waals surface area contributed by atoms with Gasteiger partial charge in [0.2, 0.25) is 5.91 Å². The molecule has 0 bridgehead atoms. The molecule has 0 saturated carbocycles. The topological polar surface area (TPSA) is 83.6 Å². The van der Waals surface area contributed by atoms with E-state index in [1.54, 1.807) is 30.3 Å². The Kier molecular flexibility index (Phi) is 3.10. The number of hydrogen-bond acceptors (Lipinski definition) is 3. The lowest BCUT2D eigenvalue weighted by molar-refractivity contribution is -0.121. The van der Waals surface area contributed by atoms with Crippen molar-refractivity contribution in [1.29, 1.82) is 0 Å². The minimum absolute atomic E-state index is 0.154. The summed E-state index contributed by atoms with van der Waals surface area (Å²) in [6.07, 6.45) is -0.464. The van der Waals surface area contributed by atoms with Crippen LogP contribution in [0.3, 0.4) is 0 Å². The van der Waals surface area contributed by atoms with Gasteiger partial charge in [-0.1, -0.05) is 18.2 Å². The Balaban J connectivity index is 2.22. The Hall–Kier alpha value is -1.88. The monoisotopic (exact) mass is 234 g/mol. The summed E-state index contributed by atoms with van der Waals surface area (Å²) in [6, 6.07) is 7.94. The standard InChI is InChI=1S/C12H14N2O3/c13-11(16)10-6-9(15)7-14(10)12(17)8-4-2-1-3-5-8/h1-5,9-10,15H,6-7H2,(H2,13,16)/t9-,10+/m1/s1. The lowest BCUT2D eigenvalue weighted by Gasteiger charge is -2.21. The zero-order chi connectivity index (χ0) is 12.4. The quantitative estimate of drug-likeness (QED) is 0.740. The van der Waals surface area contributed by atoms with Gasteiger partial charge < -0.3 is 15.7 Å². The van der Waals surface area contributed by atoms with Gasteiger partial charge in [-0.15, -0.1) is 0 Å². The molecule has 0 spiro atoms. The van der Waals surface area contributed by atoms with Crippen LogP contribution in [0.1, 0.15) is 16.8 Å². The van der Waals surface area contributed by atoms with Gasteiger partial charge in [0.15, 0.2) is 0 Å². The van der Waals surface area contributed by atoms with Crippen LogP contribution < -0.4 is 5.73 Å². The number of amides is 2. The highest BCUT2D eigenvalue weighted by Crippen LogP contribution is 2.20. The third kappa shape index (κ3) is 2.29. The van der Waals surface area contributed by atoms with Crippen molar-refractivity contribution in [3.8, 4) is 0 Å². The van der Waals surface area contributed by atoms with Gasteiger partial charge in [0, 0.05) is 18.5 Å². The smallest absolute Gasteiger partial charge is 0.254 e. The number of nitrogens with zero attached hydrogens (tertiary/aromatic N) is 1. The van der Waals surface area contributed by atoms with Gasteiger partial charge in [-0.05, 0) is 12.1 Å². The van der Waals surface area contributed by atoms with E-state index in [1.165, 1.54) is 4.90 Å². The number of benzene rings is 1. The molecular weight excluding hydrogens is 220 g/mol. The molecule has 0 aliphatic carbocycles. The summed E-state index contributed by atoms with van der Waals surface area (Å²) in [7, 11) is 0. The number of rotatable bonds is 2. The minimum Gasteiger partial charge on any atom is -0.391 e. The highest BCUT2D eigenvalue weighted by molar-refractivity contribution is 5.97. The maximum atomic E-state index is 12.1. The zero-order valence-electron chi connectivity index (χ0n) is 9.24. The number of carbonyl (C=O) groups excluding carboxylic acids is 2. The van der Waals surface area contributed by atoms with E-state index < -0.39 is 18.1 Å². The third-order valence-electron chi connectivity index (χ3n) is 2.89. The van der Waals surface area contributed by atoms with Crippen LogP contribution in [0.2, 0.25) is 0 Å². The van der Waals surface area contributed by atoms with Crippen molar-refractivity contribution < 1.29 is 14.7 Å². The molecule has 5 nitrogen and oxygen atoms in total. The van der Waals surface area contributed by atoms with Gasteiger partial charge in [-0.25, -0.2) is 0 Å². The van der Waals surface area contributed by atoms with Crippen LogP contribution >= 0.6 is 0 Å². The molecule has 2 atom stereocenters. The van der Waals surface area contributed by atoms with Crippen molar-refractivity contribution in [1.82, 2.24) is 4.90 Å². The largest absolute Gasteiger partial charge is 0.391 e. The number of aliphatic hydroxyl groups is 1. The van der Waals surface area contributed by atoms with Crippen molar-refractivity contribution in [2.75, 3.05) is 6.54 Å². The summed E-state index contributed by atoms with van der Waals surface area (Å²) in [5.74, 6) is -0.850. The van der Waals surface area contributed by atoms with E-state index in [-0.39, 0.29) is 18.9 Å². The molecule has 2 amide bonds. The van der Waals surface area contributed by atoms with Gasteiger partial charge >= 0.3 is 0 Å². The van der Waals surface area contributed by atoms with Crippen molar-refractivity contribution in [2.24, 2.45) is 5.73 Å². The zero-order valence-corrected chi connectivity index (χ0v) is 9.24. The first-order valence-corrected chi connectivity index (χ1v) is 5.43. The summed E-state index contributed by atoms with van der Waals surface area (Å²) in [6.45, 7) is 0.154. The van der Waals surface area contributed by atoms with E-state index in [0.717, 1.165) is 0 Å². The number of β-amino-alcohol motifs (C(OH)–C–C–N with tert-alkyl or cyclic N) is 1. The fraction of sp³-hybridized carbons (Fsp3) is 0.333. The van der Waals surface area contributed by atoms with E-state index in [1.807, 2.05) is 0 Å². The molecule has 0 unspecified atom stereocenters. The molecule has 1 saturated heterocycles. The first kappa shape index (κ1) is 11.6. The molecule has 90 valence electrons. The maximum Gasteiger partial charge on any atom is 0.254 e. The van der Waals surface area contributed by atoms with Crippen molar-refractivity contribution in [2.45, 2.75) is 18.6 Å². The molecule has 1 aromatic rings. The lowest BCUT2D eigenvalue weighted by atomic mass is 10.1. The van der Waals surface area contributed by atoms with E-state index in [4.69, 9.17) is 5.73 Å². The van der Waals surface area contributed by atoms with Crippen molar-refractivity contribution in [3.05, 3.63) is 35.9 Å². The Morgan fingerprint density at radius 3 is 2.53 bits per heavy atom. The Bertz CT molecular complexity index is 433. The van der Waals surface area contributed by atoms with Crippen LogP contribution in [-0.2, 0) is 4.79 Å². The van der Waals surface area contributed by atoms with E-state index >= 15 is 0 Å². The summed E-state index contributed by atoms with van der Waals surface area (Å²) in [5, 5.41) is 9.51. The van der Waals surface area contributed by atoms with Crippen LogP contribution in [-0.4, -0.2) is 40.5 Å². The highest BCUT2D eigenvalue weighted by Gasteiger charge is 2.37. The van der Waals surface area contributed by atoms with Crippen molar-refractivity contribution in [3.63, 3.8) is 0 Å². The highest BCUT2D eigenvalue weighted by atomic mass is 16.3. The van der Waals surface area contributed by atoms with Crippen LogP contribution in [0.15, 0.2) is 30.3 Å². The summed E-state index contributed by atoms with van der Waals surface area (Å²) in [4.78, 5) is 24.7. The van der Waals surface area contributed by atoms with Gasteiger partial charge in [0.05, 0.1) is 6.10 Å². The molecule has 0 aromatic heterocycles. The summed E-state index contributed by atoms with van der Waals surface area (Å²) >= 11 is 0. The molecule has 1 aliphatic rings. The van der Waals surface area contributed by atoms with Gasteiger partial charge in [0.1, 0.15) is 6.04 Å². The molecule has 1 heterocycles. The summed E-state index contributed by atoms with van der Waals surface area (Å²) < 4.78 is 0. The molecule has 1 fully saturated rings. The normalized spacial score (nSPS) is 23.7. The second kappa shape index (κ2) is 4.55. The second-order valence-electron chi connectivity index (χ2n) is 4.13. The predicted octanol–water partition coefficient (Wildman–Crippen LogP) is -0.253. The minimum atomic E-state index is -0.710. The van der Waals surface area contributed by atoms with E-state index in [9.17, 15) is 14.7 Å². The molecule has 17 heavy (non-hydrogen) atoms. The number of hydrogen-bond donors (Lipinski definition) is 2. The number of likely N-dealkylation sites (tertiary alicyclic amines) is 1. The predicted molar refractivity (Wildman–Crippen MR) is 61.1 cm³/mol. The molecule has 1 aromatic carbocycles. The molecular formula is C12H14N2O3. The van der Waals surface area contributed by atoms with Crippen LogP contribution in [0, 0.1) is 0 Å². The SMILES string of the molecule is NC(=O)[C@@H]1C[C@@H](O)CN1C(=O)c1ccccc1. The second-order valence-corrected chi connectivity index (χ2v) is 4.13. The first-order valence-electron chi connectivity index (χ1n) is 5.43. The maximum absolute atomic E-state index is 12.1. The Morgan fingerprint density at radius 1 is 1.29 bits per heavy atom. The molecule has 3 N–H and O–H groups in total. The van der Waals surface area contributed by atoms with Crippen LogP contribution in [0.4, 0.5) is 0 Å². The number of carbonyl (C=O) groups is 2. The lowest BCUT2D eigenvalue weighted by Crippen LogP contribution is -2.43. The van der Waals surface area contributed by atoms with Crippen molar-refractivity contribution >= 4 is 11.8 Å². The molecule has 0 radical (unpaired) electrons. The van der Waals surface area contributed by atoms with E-state index in [2.05, 4.69) is 0 Å². The van der Waals surface area contributed by atoms with Gasteiger partial charge in [-0.2, -0.15) is 0 Å². The van der Waals surface area contributed by atoms with E-state index in [0.29, 0.717) is 5.56 Å². The third-order valence-corrected chi connectivity index (χ3v) is 2.89. The van der Waals surface area contributed by atoms with Crippen LogP contribution in [0.5, 0.6) is 0 Å². The van der Waals surface area contributed by atoms with Gasteiger partial charge in [0.25, 0.3) is 5.91 Å². The molecule has 2 rings (SSSR count).